The Morgan fingerprint density at radius 2 is 1.43 bits per heavy atom. The first-order valence-corrected chi connectivity index (χ1v) is 25.9. The molecule has 77 heavy (non-hydrogen) atoms. The van der Waals surface area contributed by atoms with Crippen LogP contribution in [-0.4, -0.2) is 163 Å². The van der Waals surface area contributed by atoms with Crippen LogP contribution < -0.4 is 31.9 Å². The third-order valence-electron chi connectivity index (χ3n) is 13.7. The number of likely N-dealkylation sites (N-methyl/N-ethyl adjacent to an activating group) is 1. The number of phenols is 1. The van der Waals surface area contributed by atoms with Gasteiger partial charge in [0.2, 0.25) is 47.3 Å². The van der Waals surface area contributed by atoms with Crippen LogP contribution in [0, 0.1) is 11.8 Å². The predicted molar refractivity (Wildman–Crippen MR) is 274 cm³/mol. The van der Waals surface area contributed by atoms with E-state index in [4.69, 9.17) is 4.74 Å². The van der Waals surface area contributed by atoms with Crippen LogP contribution in [0.25, 0.3) is 0 Å². The lowest BCUT2D eigenvalue weighted by atomic mass is 9.93. The summed E-state index contributed by atoms with van der Waals surface area (Å²) in [6.07, 6.45) is -5.40. The quantitative estimate of drug-likeness (QED) is 0.0803. The highest BCUT2D eigenvalue weighted by atomic mass is 16.5. The standard InChI is InChI=1S/C53H74N8O16/c1-8-13-39(63)54-37(26-32-16-18-33(62)19-17-32)47(69)57-36(52(74)75)20-23-40(64)58-44-30(6)77-53(76)43(29(5)9-2)59-48(70)38(27-31-14-11-10-12-15-31)60(7)51(73)45(28(3)4)61-41(65)24-21-35(50(61)72)56-46(68)34(55-49(44)71)22-25-42(66)67/h10-12,14-19,28-30,34-38,41,43-45,62,65H,8-9,13,20-27H2,1-7H3,(H,54,63)(H,55,71)(H,56,68)(H,57,69)(H,58,64)(H,59,70)(H,66,67)(H,74,75)/t29-,30-,34-,35-,36-,37-,38-,41+,43-,44-,45-/m0/s1. The first kappa shape index (κ1) is 61.9. The average Bonchev–Trinajstić information content (AvgIpc) is 3.37. The third-order valence-corrected chi connectivity index (χ3v) is 13.7. The number of cyclic esters (lactones) is 1. The van der Waals surface area contributed by atoms with Gasteiger partial charge in [-0.1, -0.05) is 83.5 Å². The molecule has 2 saturated heterocycles. The second-order valence-electron chi connectivity index (χ2n) is 19.9. The van der Waals surface area contributed by atoms with Crippen molar-refractivity contribution in [2.24, 2.45) is 11.8 Å². The SMILES string of the molecule is CCCC(=O)N[C@@H](Cc1ccc(O)cc1)C(=O)N[C@@H](CCC(=O)N[C@@H]1C(=O)N[C@@H](CCC(=O)O)C(=O)N[C@H]2CC[C@@H](O)N(C2=O)[C@@H](C(C)C)C(=O)N(C)[C@@H](Cc2ccccc2)C(=O)N[C@@H]([C@@H](C)CC)C(=O)O[C@H]1C)C(=O)O. The molecule has 10 N–H and O–H groups in total. The molecule has 0 aliphatic carbocycles. The van der Waals surface area contributed by atoms with Gasteiger partial charge in [0.1, 0.15) is 66.4 Å². The second-order valence-corrected chi connectivity index (χ2v) is 19.9. The number of benzene rings is 2. The van der Waals surface area contributed by atoms with Crippen LogP contribution in [0.4, 0.5) is 0 Å². The van der Waals surface area contributed by atoms with Crippen molar-refractivity contribution < 1.29 is 77.9 Å². The van der Waals surface area contributed by atoms with Gasteiger partial charge in [-0.15, -0.1) is 0 Å². The number of hydrogen-bond acceptors (Lipinski definition) is 14. The zero-order valence-electron chi connectivity index (χ0n) is 44.5. The molecule has 11 atom stereocenters. The van der Waals surface area contributed by atoms with Crippen LogP contribution in [-0.2, 0) is 70.3 Å². The molecule has 2 bridgehead atoms. The number of nitrogens with one attached hydrogen (secondary N) is 6. The Morgan fingerprint density at radius 1 is 0.766 bits per heavy atom. The Hall–Kier alpha value is -7.63. The molecular weight excluding hydrogens is 1000 g/mol. The minimum absolute atomic E-state index is 0.0544. The normalized spacial score (nSPS) is 24.1. The molecule has 2 fully saturated rings. The third kappa shape index (κ3) is 17.7. The zero-order valence-corrected chi connectivity index (χ0v) is 44.5. The van der Waals surface area contributed by atoms with E-state index in [0.717, 1.165) is 9.80 Å². The van der Waals surface area contributed by atoms with Gasteiger partial charge in [0.05, 0.1) is 0 Å². The minimum atomic E-state index is -1.91. The molecule has 4 rings (SSSR count). The zero-order chi connectivity index (χ0) is 57.3. The van der Waals surface area contributed by atoms with Crippen LogP contribution in [0.15, 0.2) is 54.6 Å². The number of aliphatic carboxylic acids is 2. The molecule has 422 valence electrons. The van der Waals surface area contributed by atoms with Crippen LogP contribution in [0.1, 0.15) is 110 Å². The van der Waals surface area contributed by atoms with Crippen LogP contribution >= 0.6 is 0 Å². The van der Waals surface area contributed by atoms with Gasteiger partial charge >= 0.3 is 17.9 Å². The van der Waals surface area contributed by atoms with Crippen LogP contribution in [0.3, 0.4) is 0 Å². The van der Waals surface area contributed by atoms with Gasteiger partial charge in [0.15, 0.2) is 0 Å². The number of aliphatic hydroxyl groups excluding tert-OH is 1. The molecule has 24 heteroatoms. The molecule has 0 unspecified atom stereocenters. The largest absolute Gasteiger partial charge is 0.508 e. The fourth-order valence-electron chi connectivity index (χ4n) is 9.02. The van der Waals surface area contributed by atoms with Gasteiger partial charge in [-0.3, -0.25) is 43.2 Å². The first-order valence-electron chi connectivity index (χ1n) is 25.9. The lowest BCUT2D eigenvalue weighted by molar-refractivity contribution is -0.167. The number of carboxylic acid groups (broad SMARTS) is 2. The Balaban J connectivity index is 1.74. The summed E-state index contributed by atoms with van der Waals surface area (Å²) in [5.74, 6) is -12.6. The highest BCUT2D eigenvalue weighted by Crippen LogP contribution is 2.27. The van der Waals surface area contributed by atoms with E-state index in [1.807, 2.05) is 0 Å². The summed E-state index contributed by atoms with van der Waals surface area (Å²) in [5.41, 5.74) is 1.13. The molecule has 2 aromatic carbocycles. The number of carboxylic acids is 2. The highest BCUT2D eigenvalue weighted by Gasteiger charge is 2.47. The van der Waals surface area contributed by atoms with Gasteiger partial charge in [-0.2, -0.15) is 0 Å². The number of carbonyl (C=O) groups is 11. The van der Waals surface area contributed by atoms with E-state index in [-0.39, 0.29) is 44.3 Å². The maximum Gasteiger partial charge on any atom is 0.329 e. The monoisotopic (exact) mass is 1080 g/mol. The summed E-state index contributed by atoms with van der Waals surface area (Å²) in [6.45, 7) is 9.57. The summed E-state index contributed by atoms with van der Waals surface area (Å²) in [7, 11) is 1.35. The fourth-order valence-corrected chi connectivity index (χ4v) is 9.02. The molecule has 0 aromatic heterocycles. The summed E-state index contributed by atoms with van der Waals surface area (Å²) in [5, 5.41) is 55.9. The maximum atomic E-state index is 14.7. The Morgan fingerprint density at radius 3 is 2.03 bits per heavy atom. The number of esters is 1. The molecule has 2 aromatic rings. The number of aromatic hydroxyl groups is 1. The molecule has 2 aliphatic rings. The van der Waals surface area contributed by atoms with E-state index in [1.165, 1.54) is 38.2 Å². The number of piperidine rings is 1. The number of fused-ring (bicyclic) bond motifs is 2. The number of hydrogen-bond donors (Lipinski definition) is 10. The summed E-state index contributed by atoms with van der Waals surface area (Å²) in [4.78, 5) is 153. The summed E-state index contributed by atoms with van der Waals surface area (Å²) in [6, 6.07) is 2.15. The molecule has 2 heterocycles. The van der Waals surface area contributed by atoms with Gasteiger partial charge in [-0.25, -0.2) is 9.59 Å². The van der Waals surface area contributed by atoms with E-state index in [0.29, 0.717) is 17.5 Å². The Labute approximate surface area is 446 Å². The number of carbonyl (C=O) groups excluding carboxylic acids is 9. The Kier molecular flexibility index (Phi) is 23.4. The van der Waals surface area contributed by atoms with Gasteiger partial charge in [0, 0.05) is 39.2 Å². The van der Waals surface area contributed by atoms with Crippen molar-refractivity contribution in [3.63, 3.8) is 0 Å². The minimum Gasteiger partial charge on any atom is -0.508 e. The van der Waals surface area contributed by atoms with E-state index < -0.39 is 163 Å². The number of amides is 8. The molecule has 8 amide bonds. The molecule has 2 aliphatic heterocycles. The maximum absolute atomic E-state index is 14.7. The van der Waals surface area contributed by atoms with Crippen molar-refractivity contribution in [1.29, 1.82) is 0 Å². The predicted octanol–water partition coefficient (Wildman–Crippen LogP) is 0.400. The van der Waals surface area contributed by atoms with E-state index in [9.17, 15) is 73.2 Å². The van der Waals surface area contributed by atoms with Crippen molar-refractivity contribution in [2.45, 2.75) is 173 Å². The van der Waals surface area contributed by atoms with Gasteiger partial charge in [-0.05, 0) is 74.1 Å². The Bertz CT molecular complexity index is 2440. The van der Waals surface area contributed by atoms with E-state index in [2.05, 4.69) is 31.9 Å². The topological polar surface area (TPSA) is 357 Å². The van der Waals surface area contributed by atoms with Gasteiger partial charge < -0.3 is 66.9 Å². The van der Waals surface area contributed by atoms with Crippen molar-refractivity contribution in [3.8, 4) is 5.75 Å². The van der Waals surface area contributed by atoms with Crippen molar-refractivity contribution >= 4 is 65.2 Å². The number of rotatable bonds is 20. The van der Waals surface area contributed by atoms with Crippen molar-refractivity contribution in [3.05, 3.63) is 65.7 Å². The molecular formula is C53H74N8O16. The van der Waals surface area contributed by atoms with Crippen LogP contribution in [0.5, 0.6) is 5.75 Å². The average molecular weight is 1080 g/mol. The molecule has 0 spiro atoms. The lowest BCUT2D eigenvalue weighted by Crippen LogP contribution is -2.66. The molecule has 0 radical (unpaired) electrons. The number of nitrogens with zero attached hydrogens (tertiary/aromatic N) is 2. The van der Waals surface area contributed by atoms with Gasteiger partial charge in [0.25, 0.3) is 0 Å². The first-order chi connectivity index (χ1) is 36.4. The van der Waals surface area contributed by atoms with E-state index >= 15 is 0 Å². The fraction of sp³-hybridized carbons (Fsp3) is 0.566. The highest BCUT2D eigenvalue weighted by molar-refractivity contribution is 5.98. The summed E-state index contributed by atoms with van der Waals surface area (Å²) >= 11 is 0. The smallest absolute Gasteiger partial charge is 0.329 e. The second kappa shape index (κ2) is 29.0. The summed E-state index contributed by atoms with van der Waals surface area (Å²) < 4.78 is 5.84. The number of ether oxygens (including phenoxy) is 1. The van der Waals surface area contributed by atoms with E-state index in [1.54, 1.807) is 65.0 Å². The molecule has 0 saturated carbocycles. The van der Waals surface area contributed by atoms with Crippen LogP contribution in [0.2, 0.25) is 0 Å². The number of aliphatic hydroxyl groups is 1. The molecule has 24 nitrogen and oxygen atoms in total. The van der Waals surface area contributed by atoms with Crippen molar-refractivity contribution in [1.82, 2.24) is 41.7 Å². The lowest BCUT2D eigenvalue weighted by Gasteiger charge is -2.44. The number of phenolic OH excluding ortho intramolecular Hbond substituents is 1. The van der Waals surface area contributed by atoms with Crippen molar-refractivity contribution in [2.75, 3.05) is 7.05 Å².